The Labute approximate surface area is 131 Å². The van der Waals surface area contributed by atoms with Crippen molar-refractivity contribution in [2.75, 3.05) is 6.54 Å². The molecule has 0 unspecified atom stereocenters. The summed E-state index contributed by atoms with van der Waals surface area (Å²) in [6, 6.07) is 2.15. The van der Waals surface area contributed by atoms with E-state index >= 15 is 0 Å². The number of nitrogens with one attached hydrogen (secondary N) is 1. The van der Waals surface area contributed by atoms with Crippen LogP contribution in [0.2, 0.25) is 0 Å². The van der Waals surface area contributed by atoms with Crippen LogP contribution in [0.1, 0.15) is 38.3 Å². The number of thiophene rings is 1. The molecule has 0 aliphatic heterocycles. The van der Waals surface area contributed by atoms with Crippen LogP contribution in [0.25, 0.3) is 9.88 Å². The number of hydrogen-bond donors (Lipinski definition) is 1. The first-order valence-corrected chi connectivity index (χ1v) is 8.86. The van der Waals surface area contributed by atoms with Gasteiger partial charge in [0.15, 0.2) is 0 Å². The van der Waals surface area contributed by atoms with Crippen LogP contribution in [0.15, 0.2) is 15.9 Å². The first-order valence-electron chi connectivity index (χ1n) is 6.37. The van der Waals surface area contributed by atoms with Gasteiger partial charge in [0.05, 0.1) is 10.6 Å². The lowest BCUT2D eigenvalue weighted by Gasteiger charge is -2.17. The van der Waals surface area contributed by atoms with Gasteiger partial charge in [-0.2, -0.15) is 0 Å². The maximum absolute atomic E-state index is 4.89. The summed E-state index contributed by atoms with van der Waals surface area (Å²) in [5, 5.41) is 6.65. The van der Waals surface area contributed by atoms with Gasteiger partial charge in [0.2, 0.25) is 0 Å². The summed E-state index contributed by atoms with van der Waals surface area (Å²) in [5.41, 5.74) is 1.31. The maximum Gasteiger partial charge on any atom is 0.134 e. The Kier molecular flexibility index (Phi) is 4.82. The molecule has 0 aliphatic carbocycles. The van der Waals surface area contributed by atoms with E-state index in [2.05, 4.69) is 60.4 Å². The Morgan fingerprint density at radius 2 is 2.11 bits per heavy atom. The van der Waals surface area contributed by atoms with Crippen molar-refractivity contribution in [1.29, 1.82) is 0 Å². The van der Waals surface area contributed by atoms with Crippen molar-refractivity contribution in [2.24, 2.45) is 0 Å². The number of nitrogens with zero attached hydrogens (tertiary/aromatic N) is 1. The number of rotatable bonds is 4. The van der Waals surface area contributed by atoms with Gasteiger partial charge >= 0.3 is 0 Å². The lowest BCUT2D eigenvalue weighted by molar-refractivity contribution is 0.561. The predicted octanol–water partition coefficient (Wildman–Crippen LogP) is 5.04. The summed E-state index contributed by atoms with van der Waals surface area (Å²) in [6.45, 7) is 10.7. The van der Waals surface area contributed by atoms with Gasteiger partial charge in [-0.25, -0.2) is 4.98 Å². The molecule has 2 nitrogen and oxygen atoms in total. The molecule has 2 aromatic heterocycles. The van der Waals surface area contributed by atoms with Gasteiger partial charge in [-0.05, 0) is 28.5 Å². The minimum Gasteiger partial charge on any atom is -0.312 e. The van der Waals surface area contributed by atoms with E-state index in [1.165, 1.54) is 15.4 Å². The largest absolute Gasteiger partial charge is 0.312 e. The van der Waals surface area contributed by atoms with E-state index in [1.807, 2.05) is 11.3 Å². The van der Waals surface area contributed by atoms with Gasteiger partial charge in [-0.3, -0.25) is 0 Å². The van der Waals surface area contributed by atoms with Crippen LogP contribution < -0.4 is 5.32 Å². The van der Waals surface area contributed by atoms with E-state index in [0.29, 0.717) is 0 Å². The fourth-order valence-electron chi connectivity index (χ4n) is 1.83. The SMILES string of the molecule is CCNCc1sc(-c2cc(Br)cs2)nc1C(C)(C)C. The van der Waals surface area contributed by atoms with Crippen molar-refractivity contribution >= 4 is 38.6 Å². The quantitative estimate of drug-likeness (QED) is 0.827. The highest BCUT2D eigenvalue weighted by Crippen LogP contribution is 2.37. The molecule has 104 valence electrons. The lowest BCUT2D eigenvalue weighted by atomic mass is 9.91. The van der Waals surface area contributed by atoms with Crippen molar-refractivity contribution in [1.82, 2.24) is 10.3 Å². The molecule has 0 radical (unpaired) electrons. The molecule has 0 saturated carbocycles. The second-order valence-corrected chi connectivity index (χ2v) is 8.36. The van der Waals surface area contributed by atoms with Crippen LogP contribution in [-0.2, 0) is 12.0 Å². The second kappa shape index (κ2) is 6.04. The Bertz CT molecular complexity index is 552. The Morgan fingerprint density at radius 3 is 2.63 bits per heavy atom. The Morgan fingerprint density at radius 1 is 1.37 bits per heavy atom. The van der Waals surface area contributed by atoms with Crippen molar-refractivity contribution in [2.45, 2.75) is 39.7 Å². The average Bonchev–Trinajstić information content (AvgIpc) is 2.91. The molecule has 1 N–H and O–H groups in total. The van der Waals surface area contributed by atoms with E-state index in [9.17, 15) is 0 Å². The van der Waals surface area contributed by atoms with Gasteiger partial charge in [0.1, 0.15) is 5.01 Å². The van der Waals surface area contributed by atoms with Gasteiger partial charge in [0, 0.05) is 26.7 Å². The zero-order valence-electron chi connectivity index (χ0n) is 11.7. The average molecular weight is 359 g/mol. The topological polar surface area (TPSA) is 24.9 Å². The number of thiazole rings is 1. The fourth-order valence-corrected chi connectivity index (χ4v) is 4.56. The third kappa shape index (κ3) is 3.66. The molecule has 2 rings (SSSR count). The summed E-state index contributed by atoms with van der Waals surface area (Å²) < 4.78 is 1.13. The number of hydrogen-bond acceptors (Lipinski definition) is 4. The molecular formula is C14H19BrN2S2. The number of halogens is 1. The molecule has 2 heterocycles. The van der Waals surface area contributed by atoms with Gasteiger partial charge < -0.3 is 5.32 Å². The summed E-state index contributed by atoms with van der Waals surface area (Å²) in [5.74, 6) is 0. The van der Waals surface area contributed by atoms with Crippen LogP contribution in [0, 0.1) is 0 Å². The summed E-state index contributed by atoms with van der Waals surface area (Å²) in [6.07, 6.45) is 0. The van der Waals surface area contributed by atoms with Crippen LogP contribution >= 0.6 is 38.6 Å². The molecular weight excluding hydrogens is 340 g/mol. The molecule has 0 bridgehead atoms. The molecule has 0 amide bonds. The Balaban J connectivity index is 2.39. The normalized spacial score (nSPS) is 12.1. The Hall–Kier alpha value is -0.230. The van der Waals surface area contributed by atoms with E-state index in [1.54, 1.807) is 11.3 Å². The lowest BCUT2D eigenvalue weighted by Crippen LogP contribution is -2.18. The molecule has 5 heteroatoms. The van der Waals surface area contributed by atoms with Crippen LogP contribution in [0.4, 0.5) is 0 Å². The third-order valence-electron chi connectivity index (χ3n) is 2.72. The van der Waals surface area contributed by atoms with Crippen molar-refractivity contribution in [3.8, 4) is 9.88 Å². The molecule has 0 saturated heterocycles. The van der Waals surface area contributed by atoms with Gasteiger partial charge in [0.25, 0.3) is 0 Å². The van der Waals surface area contributed by atoms with E-state index in [-0.39, 0.29) is 5.41 Å². The molecule has 19 heavy (non-hydrogen) atoms. The summed E-state index contributed by atoms with van der Waals surface area (Å²) in [4.78, 5) is 7.48. The van der Waals surface area contributed by atoms with Crippen LogP contribution in [0.5, 0.6) is 0 Å². The molecule has 0 spiro atoms. The van der Waals surface area contributed by atoms with Crippen molar-refractivity contribution in [3.63, 3.8) is 0 Å². The van der Waals surface area contributed by atoms with E-state index in [4.69, 9.17) is 4.98 Å². The second-order valence-electron chi connectivity index (χ2n) is 5.45. The van der Waals surface area contributed by atoms with Gasteiger partial charge in [-0.15, -0.1) is 22.7 Å². The maximum atomic E-state index is 4.89. The highest BCUT2D eigenvalue weighted by Gasteiger charge is 2.23. The molecule has 0 fully saturated rings. The zero-order valence-corrected chi connectivity index (χ0v) is 14.9. The third-order valence-corrected chi connectivity index (χ3v) is 5.64. The first kappa shape index (κ1) is 15.2. The summed E-state index contributed by atoms with van der Waals surface area (Å²) in [7, 11) is 0. The highest BCUT2D eigenvalue weighted by molar-refractivity contribution is 9.10. The van der Waals surface area contributed by atoms with Gasteiger partial charge in [-0.1, -0.05) is 27.7 Å². The molecule has 0 aliphatic rings. The molecule has 0 aromatic carbocycles. The van der Waals surface area contributed by atoms with Crippen molar-refractivity contribution in [3.05, 3.63) is 26.5 Å². The minimum absolute atomic E-state index is 0.0913. The zero-order chi connectivity index (χ0) is 14.0. The highest BCUT2D eigenvalue weighted by atomic mass is 79.9. The van der Waals surface area contributed by atoms with E-state index in [0.717, 1.165) is 22.6 Å². The number of aromatic nitrogens is 1. The van der Waals surface area contributed by atoms with Crippen LogP contribution in [0.3, 0.4) is 0 Å². The monoisotopic (exact) mass is 358 g/mol. The molecule has 0 atom stereocenters. The fraction of sp³-hybridized carbons (Fsp3) is 0.500. The molecule has 2 aromatic rings. The predicted molar refractivity (Wildman–Crippen MR) is 89.2 cm³/mol. The first-order chi connectivity index (χ1) is 8.91. The standard InChI is InChI=1S/C14H19BrN2S2/c1-5-16-7-11-12(14(2,3)4)17-13(19-11)10-6-9(15)8-18-10/h6,8,16H,5,7H2,1-4H3. The minimum atomic E-state index is 0.0913. The smallest absolute Gasteiger partial charge is 0.134 e. The van der Waals surface area contributed by atoms with Crippen LogP contribution in [-0.4, -0.2) is 11.5 Å². The van der Waals surface area contributed by atoms with E-state index < -0.39 is 0 Å². The summed E-state index contributed by atoms with van der Waals surface area (Å²) >= 11 is 7.06. The van der Waals surface area contributed by atoms with Crippen molar-refractivity contribution < 1.29 is 0 Å².